The molecular formula is C10H13ClN2S. The predicted octanol–water partition coefficient (Wildman–Crippen LogP) is 2.25. The summed E-state index contributed by atoms with van der Waals surface area (Å²) in [6, 6.07) is 8.00. The van der Waals surface area contributed by atoms with Gasteiger partial charge in [-0.05, 0) is 36.2 Å². The molecule has 1 heterocycles. The Morgan fingerprint density at radius 1 is 1.14 bits per heavy atom. The van der Waals surface area contributed by atoms with E-state index >= 15 is 0 Å². The first-order valence-corrected chi connectivity index (χ1v) is 5.89. The Morgan fingerprint density at radius 2 is 1.79 bits per heavy atom. The zero-order valence-electron chi connectivity index (χ0n) is 7.87. The highest BCUT2D eigenvalue weighted by molar-refractivity contribution is 7.97. The van der Waals surface area contributed by atoms with Crippen LogP contribution in [-0.4, -0.2) is 30.5 Å². The Balaban J connectivity index is 1.92. The largest absolute Gasteiger partial charge is 0.314 e. The molecule has 1 aromatic carbocycles. The second-order valence-corrected chi connectivity index (χ2v) is 4.83. The van der Waals surface area contributed by atoms with Crippen LogP contribution in [0.5, 0.6) is 0 Å². The van der Waals surface area contributed by atoms with Gasteiger partial charge in [-0.2, -0.15) is 0 Å². The van der Waals surface area contributed by atoms with Crippen molar-refractivity contribution in [2.24, 2.45) is 0 Å². The van der Waals surface area contributed by atoms with Gasteiger partial charge in [0.25, 0.3) is 0 Å². The minimum absolute atomic E-state index is 0.801. The van der Waals surface area contributed by atoms with Crippen molar-refractivity contribution < 1.29 is 0 Å². The average molecular weight is 229 g/mol. The van der Waals surface area contributed by atoms with E-state index < -0.39 is 0 Å². The zero-order valence-corrected chi connectivity index (χ0v) is 9.44. The SMILES string of the molecule is Clc1ccc(SN2CCNCC2)cc1. The molecule has 0 amide bonds. The Labute approximate surface area is 93.8 Å². The molecule has 0 bridgehead atoms. The van der Waals surface area contributed by atoms with Crippen molar-refractivity contribution in [3.05, 3.63) is 29.3 Å². The standard InChI is InChI=1S/C10H13ClN2S/c11-9-1-3-10(4-2-9)14-13-7-5-12-6-8-13/h1-4,12H,5-8H2. The van der Waals surface area contributed by atoms with Crippen molar-refractivity contribution in [2.45, 2.75) is 4.90 Å². The van der Waals surface area contributed by atoms with Gasteiger partial charge in [-0.25, -0.2) is 4.31 Å². The monoisotopic (exact) mass is 228 g/mol. The molecule has 1 aliphatic rings. The van der Waals surface area contributed by atoms with E-state index in [1.54, 1.807) is 0 Å². The number of nitrogens with zero attached hydrogens (tertiary/aromatic N) is 1. The summed E-state index contributed by atoms with van der Waals surface area (Å²) in [6.07, 6.45) is 0. The number of hydrogen-bond acceptors (Lipinski definition) is 3. The molecule has 4 heteroatoms. The van der Waals surface area contributed by atoms with E-state index in [0.717, 1.165) is 31.2 Å². The van der Waals surface area contributed by atoms with Crippen LogP contribution in [0.1, 0.15) is 0 Å². The summed E-state index contributed by atoms with van der Waals surface area (Å²) in [6.45, 7) is 4.38. The lowest BCUT2D eigenvalue weighted by Gasteiger charge is -2.25. The van der Waals surface area contributed by atoms with E-state index in [-0.39, 0.29) is 0 Å². The Kier molecular flexibility index (Phi) is 3.70. The third-order valence-electron chi connectivity index (χ3n) is 2.12. The highest BCUT2D eigenvalue weighted by Gasteiger charge is 2.10. The fourth-order valence-electron chi connectivity index (χ4n) is 1.38. The van der Waals surface area contributed by atoms with Gasteiger partial charge in [-0.1, -0.05) is 11.6 Å². The number of halogens is 1. The second kappa shape index (κ2) is 5.03. The number of rotatable bonds is 2. The Morgan fingerprint density at radius 3 is 2.43 bits per heavy atom. The molecule has 1 fully saturated rings. The van der Waals surface area contributed by atoms with Crippen LogP contribution in [0.4, 0.5) is 0 Å². The van der Waals surface area contributed by atoms with Crippen LogP contribution in [0.3, 0.4) is 0 Å². The highest BCUT2D eigenvalue weighted by atomic mass is 35.5. The van der Waals surface area contributed by atoms with E-state index in [1.807, 2.05) is 24.1 Å². The minimum atomic E-state index is 0.801. The van der Waals surface area contributed by atoms with Crippen LogP contribution in [-0.2, 0) is 0 Å². The molecule has 1 saturated heterocycles. The van der Waals surface area contributed by atoms with Gasteiger partial charge in [-0.3, -0.25) is 0 Å². The summed E-state index contributed by atoms with van der Waals surface area (Å²) in [5.74, 6) is 0. The molecule has 1 aliphatic heterocycles. The molecule has 0 radical (unpaired) electrons. The van der Waals surface area contributed by atoms with Crippen molar-refractivity contribution in [2.75, 3.05) is 26.2 Å². The zero-order chi connectivity index (χ0) is 9.80. The number of piperazine rings is 1. The van der Waals surface area contributed by atoms with Gasteiger partial charge in [0, 0.05) is 36.1 Å². The Hall–Kier alpha value is -0.220. The molecule has 76 valence electrons. The number of benzene rings is 1. The summed E-state index contributed by atoms with van der Waals surface area (Å²) in [4.78, 5) is 1.26. The lowest BCUT2D eigenvalue weighted by atomic mass is 10.4. The topological polar surface area (TPSA) is 15.3 Å². The smallest absolute Gasteiger partial charge is 0.0406 e. The van der Waals surface area contributed by atoms with Gasteiger partial charge >= 0.3 is 0 Å². The fourth-order valence-corrected chi connectivity index (χ4v) is 2.43. The van der Waals surface area contributed by atoms with Crippen molar-refractivity contribution in [1.29, 1.82) is 0 Å². The van der Waals surface area contributed by atoms with Gasteiger partial charge in [0.15, 0.2) is 0 Å². The molecule has 0 saturated carbocycles. The van der Waals surface area contributed by atoms with Crippen LogP contribution < -0.4 is 5.32 Å². The number of nitrogens with one attached hydrogen (secondary N) is 1. The van der Waals surface area contributed by atoms with Crippen molar-refractivity contribution in [1.82, 2.24) is 9.62 Å². The summed E-state index contributed by atoms with van der Waals surface area (Å²) in [5.41, 5.74) is 0. The minimum Gasteiger partial charge on any atom is -0.314 e. The summed E-state index contributed by atoms with van der Waals surface area (Å²) in [7, 11) is 0. The van der Waals surface area contributed by atoms with Crippen LogP contribution in [0, 0.1) is 0 Å². The lowest BCUT2D eigenvalue weighted by Crippen LogP contribution is -2.39. The maximum Gasteiger partial charge on any atom is 0.0406 e. The van der Waals surface area contributed by atoms with E-state index in [4.69, 9.17) is 11.6 Å². The first-order valence-electron chi connectivity index (χ1n) is 4.74. The second-order valence-electron chi connectivity index (χ2n) is 3.22. The van der Waals surface area contributed by atoms with Gasteiger partial charge in [0.05, 0.1) is 0 Å². The third kappa shape index (κ3) is 2.89. The van der Waals surface area contributed by atoms with E-state index in [2.05, 4.69) is 21.8 Å². The van der Waals surface area contributed by atoms with E-state index in [9.17, 15) is 0 Å². The van der Waals surface area contributed by atoms with Crippen molar-refractivity contribution in [3.8, 4) is 0 Å². The van der Waals surface area contributed by atoms with Crippen LogP contribution in [0.2, 0.25) is 5.02 Å². The highest BCUT2D eigenvalue weighted by Crippen LogP contribution is 2.23. The molecule has 0 aromatic heterocycles. The van der Waals surface area contributed by atoms with Crippen LogP contribution in [0.25, 0.3) is 0 Å². The molecule has 1 N–H and O–H groups in total. The molecule has 2 rings (SSSR count). The third-order valence-corrected chi connectivity index (χ3v) is 3.48. The van der Waals surface area contributed by atoms with E-state index in [0.29, 0.717) is 0 Å². The van der Waals surface area contributed by atoms with Gasteiger partial charge in [-0.15, -0.1) is 0 Å². The lowest BCUT2D eigenvalue weighted by molar-refractivity contribution is 0.396. The quantitative estimate of drug-likeness (QED) is 0.782. The molecule has 0 unspecified atom stereocenters. The molecule has 14 heavy (non-hydrogen) atoms. The molecule has 0 aliphatic carbocycles. The Bertz CT molecular complexity index is 283. The van der Waals surface area contributed by atoms with Gasteiger partial charge in [0.1, 0.15) is 0 Å². The fraction of sp³-hybridized carbons (Fsp3) is 0.400. The molecular weight excluding hydrogens is 216 g/mol. The van der Waals surface area contributed by atoms with Crippen LogP contribution in [0.15, 0.2) is 29.2 Å². The molecule has 0 atom stereocenters. The summed E-state index contributed by atoms with van der Waals surface area (Å²) in [5, 5.41) is 4.13. The summed E-state index contributed by atoms with van der Waals surface area (Å²) >= 11 is 7.63. The molecule has 1 aromatic rings. The molecule has 0 spiro atoms. The maximum absolute atomic E-state index is 5.82. The molecule has 2 nitrogen and oxygen atoms in total. The first kappa shape index (κ1) is 10.3. The maximum atomic E-state index is 5.82. The predicted molar refractivity (Wildman–Crippen MR) is 61.8 cm³/mol. The van der Waals surface area contributed by atoms with E-state index in [1.165, 1.54) is 4.90 Å². The van der Waals surface area contributed by atoms with Gasteiger partial charge in [0.2, 0.25) is 0 Å². The van der Waals surface area contributed by atoms with Crippen LogP contribution >= 0.6 is 23.5 Å². The van der Waals surface area contributed by atoms with Crippen molar-refractivity contribution >= 4 is 23.5 Å². The first-order chi connectivity index (χ1) is 6.84. The normalized spacial score (nSPS) is 18.4. The number of hydrogen-bond donors (Lipinski definition) is 1. The van der Waals surface area contributed by atoms with Crippen molar-refractivity contribution in [3.63, 3.8) is 0 Å². The van der Waals surface area contributed by atoms with Gasteiger partial charge < -0.3 is 5.32 Å². The summed E-state index contributed by atoms with van der Waals surface area (Å²) < 4.78 is 2.37. The average Bonchev–Trinajstić information content (AvgIpc) is 2.23.